The van der Waals surface area contributed by atoms with E-state index in [9.17, 15) is 0 Å². The second-order valence-electron chi connectivity index (χ2n) is 2.68. The van der Waals surface area contributed by atoms with Gasteiger partial charge < -0.3 is 4.74 Å². The monoisotopic (exact) mass is 124 g/mol. The molecule has 0 fully saturated rings. The van der Waals surface area contributed by atoms with E-state index in [1.165, 1.54) is 5.57 Å². The lowest BCUT2D eigenvalue weighted by Crippen LogP contribution is -1.88. The van der Waals surface area contributed by atoms with Crippen molar-refractivity contribution in [3.8, 4) is 0 Å². The van der Waals surface area contributed by atoms with E-state index in [0.717, 1.165) is 12.2 Å². The van der Waals surface area contributed by atoms with Crippen LogP contribution in [0.3, 0.4) is 0 Å². The Balaban J connectivity index is 2.55. The molecule has 1 nitrogen and oxygen atoms in total. The van der Waals surface area contributed by atoms with Gasteiger partial charge in [0.1, 0.15) is 5.76 Å². The molecule has 1 aliphatic heterocycles. The van der Waals surface area contributed by atoms with Gasteiger partial charge in [0, 0.05) is 6.42 Å². The van der Waals surface area contributed by atoms with Crippen molar-refractivity contribution < 1.29 is 4.74 Å². The summed E-state index contributed by atoms with van der Waals surface area (Å²) in [4.78, 5) is 0. The summed E-state index contributed by atoms with van der Waals surface area (Å²) >= 11 is 0. The van der Waals surface area contributed by atoms with Crippen LogP contribution < -0.4 is 0 Å². The van der Waals surface area contributed by atoms with Crippen LogP contribution in [0.2, 0.25) is 0 Å². The largest absolute Gasteiger partial charge is 0.470 e. The predicted molar refractivity (Wildman–Crippen MR) is 37.8 cm³/mol. The molecule has 0 saturated carbocycles. The molecule has 0 unspecified atom stereocenters. The van der Waals surface area contributed by atoms with E-state index in [0.29, 0.717) is 5.92 Å². The normalized spacial score (nSPS) is 18.1. The Morgan fingerprint density at radius 2 is 2.33 bits per heavy atom. The fourth-order valence-corrected chi connectivity index (χ4v) is 0.810. The van der Waals surface area contributed by atoms with E-state index in [-0.39, 0.29) is 0 Å². The Kier molecular flexibility index (Phi) is 1.60. The topological polar surface area (TPSA) is 9.23 Å². The zero-order valence-corrected chi connectivity index (χ0v) is 5.98. The molecule has 0 N–H and O–H groups in total. The maximum Gasteiger partial charge on any atom is 0.100 e. The van der Waals surface area contributed by atoms with Crippen molar-refractivity contribution in [2.24, 2.45) is 5.92 Å². The number of rotatable bonds is 1. The highest BCUT2D eigenvalue weighted by molar-refractivity contribution is 5.15. The summed E-state index contributed by atoms with van der Waals surface area (Å²) in [6, 6.07) is 0. The molecule has 1 heteroatoms. The van der Waals surface area contributed by atoms with Gasteiger partial charge in [-0.2, -0.15) is 0 Å². The van der Waals surface area contributed by atoms with Crippen molar-refractivity contribution in [2.75, 3.05) is 0 Å². The van der Waals surface area contributed by atoms with Gasteiger partial charge >= 0.3 is 0 Å². The van der Waals surface area contributed by atoms with Crippen LogP contribution in [-0.2, 0) is 4.74 Å². The van der Waals surface area contributed by atoms with Gasteiger partial charge in [-0.3, -0.25) is 0 Å². The van der Waals surface area contributed by atoms with Gasteiger partial charge in [0.15, 0.2) is 0 Å². The Morgan fingerprint density at radius 3 is 2.56 bits per heavy atom. The molecule has 1 heterocycles. The Labute approximate surface area is 56.0 Å². The van der Waals surface area contributed by atoms with Gasteiger partial charge in [0.25, 0.3) is 0 Å². The van der Waals surface area contributed by atoms with E-state index in [2.05, 4.69) is 20.4 Å². The second-order valence-corrected chi connectivity index (χ2v) is 2.68. The van der Waals surface area contributed by atoms with E-state index in [1.54, 1.807) is 0 Å². The Morgan fingerprint density at radius 1 is 1.67 bits per heavy atom. The third kappa shape index (κ3) is 1.35. The predicted octanol–water partition coefficient (Wildman–Crippen LogP) is 2.46. The second kappa shape index (κ2) is 2.26. The SMILES string of the molecule is C=C1CC(C(C)C)=CO1. The molecule has 50 valence electrons. The average molecular weight is 124 g/mol. The highest BCUT2D eigenvalue weighted by Gasteiger charge is 2.11. The van der Waals surface area contributed by atoms with E-state index >= 15 is 0 Å². The summed E-state index contributed by atoms with van der Waals surface area (Å²) in [6.45, 7) is 8.03. The lowest BCUT2D eigenvalue weighted by atomic mass is 10.0. The highest BCUT2D eigenvalue weighted by atomic mass is 16.5. The lowest BCUT2D eigenvalue weighted by molar-refractivity contribution is 0.369. The number of ether oxygens (including phenoxy) is 1. The van der Waals surface area contributed by atoms with Gasteiger partial charge in [0.05, 0.1) is 6.26 Å². The number of allylic oxidation sites excluding steroid dienone is 1. The molecular formula is C8H12O. The zero-order chi connectivity index (χ0) is 6.85. The summed E-state index contributed by atoms with van der Waals surface area (Å²) in [6.07, 6.45) is 2.74. The van der Waals surface area contributed by atoms with Gasteiger partial charge in [0.2, 0.25) is 0 Å². The molecule has 0 radical (unpaired) electrons. The van der Waals surface area contributed by atoms with Crippen molar-refractivity contribution in [2.45, 2.75) is 20.3 Å². The average Bonchev–Trinajstić information content (AvgIpc) is 2.14. The van der Waals surface area contributed by atoms with Crippen LogP contribution >= 0.6 is 0 Å². The smallest absolute Gasteiger partial charge is 0.100 e. The van der Waals surface area contributed by atoms with E-state index in [1.807, 2.05) is 6.26 Å². The molecular weight excluding hydrogens is 112 g/mol. The van der Waals surface area contributed by atoms with Crippen molar-refractivity contribution in [1.82, 2.24) is 0 Å². The van der Waals surface area contributed by atoms with Gasteiger partial charge in [-0.15, -0.1) is 0 Å². The summed E-state index contributed by atoms with van der Waals surface area (Å²) < 4.78 is 5.07. The quantitative estimate of drug-likeness (QED) is 0.521. The van der Waals surface area contributed by atoms with Gasteiger partial charge in [-0.05, 0) is 11.5 Å². The maximum atomic E-state index is 5.07. The summed E-state index contributed by atoms with van der Waals surface area (Å²) in [5.41, 5.74) is 1.35. The molecule has 1 aliphatic rings. The minimum Gasteiger partial charge on any atom is -0.470 e. The Hall–Kier alpha value is -0.720. The molecule has 0 atom stereocenters. The molecule has 0 amide bonds. The molecule has 0 aromatic carbocycles. The highest BCUT2D eigenvalue weighted by Crippen LogP contribution is 2.25. The first kappa shape index (κ1) is 6.40. The van der Waals surface area contributed by atoms with E-state index in [4.69, 9.17) is 4.74 Å². The van der Waals surface area contributed by atoms with E-state index < -0.39 is 0 Å². The Bertz CT molecular complexity index is 154. The van der Waals surface area contributed by atoms with Crippen LogP contribution in [0.15, 0.2) is 24.2 Å². The van der Waals surface area contributed by atoms with Crippen molar-refractivity contribution in [3.05, 3.63) is 24.2 Å². The first-order chi connectivity index (χ1) is 4.20. The van der Waals surface area contributed by atoms with Gasteiger partial charge in [-0.1, -0.05) is 20.4 Å². The summed E-state index contributed by atoms with van der Waals surface area (Å²) in [5.74, 6) is 1.47. The molecule has 0 bridgehead atoms. The van der Waals surface area contributed by atoms with Crippen LogP contribution in [0, 0.1) is 5.92 Å². The fourth-order valence-electron chi connectivity index (χ4n) is 0.810. The van der Waals surface area contributed by atoms with Crippen LogP contribution in [0.5, 0.6) is 0 Å². The number of hydrogen-bond acceptors (Lipinski definition) is 1. The third-order valence-corrected chi connectivity index (χ3v) is 1.52. The molecule has 9 heavy (non-hydrogen) atoms. The first-order valence-corrected chi connectivity index (χ1v) is 3.23. The van der Waals surface area contributed by atoms with Crippen molar-refractivity contribution >= 4 is 0 Å². The third-order valence-electron chi connectivity index (χ3n) is 1.52. The molecule has 0 aromatic rings. The van der Waals surface area contributed by atoms with Crippen LogP contribution in [0.1, 0.15) is 20.3 Å². The van der Waals surface area contributed by atoms with Crippen LogP contribution in [-0.4, -0.2) is 0 Å². The fraction of sp³-hybridized carbons (Fsp3) is 0.500. The molecule has 1 rings (SSSR count). The minimum absolute atomic E-state index is 0.601. The summed E-state index contributed by atoms with van der Waals surface area (Å²) in [5, 5.41) is 0. The van der Waals surface area contributed by atoms with Crippen molar-refractivity contribution in [3.63, 3.8) is 0 Å². The van der Waals surface area contributed by atoms with Gasteiger partial charge in [-0.25, -0.2) is 0 Å². The van der Waals surface area contributed by atoms with Crippen LogP contribution in [0.25, 0.3) is 0 Å². The molecule has 0 aliphatic carbocycles. The summed E-state index contributed by atoms with van der Waals surface area (Å²) in [7, 11) is 0. The van der Waals surface area contributed by atoms with Crippen LogP contribution in [0.4, 0.5) is 0 Å². The molecule has 0 saturated heterocycles. The maximum absolute atomic E-state index is 5.07. The van der Waals surface area contributed by atoms with Crippen molar-refractivity contribution in [1.29, 1.82) is 0 Å². The zero-order valence-electron chi connectivity index (χ0n) is 5.98. The lowest BCUT2D eigenvalue weighted by Gasteiger charge is -2.00. The molecule has 0 spiro atoms. The number of hydrogen-bond donors (Lipinski definition) is 0. The molecule has 0 aromatic heterocycles. The standard InChI is InChI=1S/C8H12O/c1-6(2)8-4-7(3)9-5-8/h5-6H,3-4H2,1-2H3. The minimum atomic E-state index is 0.601. The first-order valence-electron chi connectivity index (χ1n) is 3.23.